The Morgan fingerprint density at radius 3 is 2.43 bits per heavy atom. The lowest BCUT2D eigenvalue weighted by Gasteiger charge is -2.09. The molecule has 3 rings (SSSR count). The van der Waals surface area contributed by atoms with Gasteiger partial charge in [-0.25, -0.2) is 4.79 Å². The Morgan fingerprint density at radius 1 is 1.03 bits per heavy atom. The van der Waals surface area contributed by atoms with E-state index in [1.54, 1.807) is 49.6 Å². The molecular formula is C22H18ClN3O3S. The average Bonchev–Trinajstić information content (AvgIpc) is 2.76. The van der Waals surface area contributed by atoms with Gasteiger partial charge in [-0.2, -0.15) is 5.10 Å². The van der Waals surface area contributed by atoms with E-state index in [4.69, 9.17) is 33.3 Å². The van der Waals surface area contributed by atoms with Crippen molar-refractivity contribution >= 4 is 46.8 Å². The molecule has 3 aromatic rings. The largest absolute Gasteiger partial charge is 0.497 e. The van der Waals surface area contributed by atoms with Gasteiger partial charge in [0.2, 0.25) is 0 Å². The Bertz CT molecular complexity index is 1050. The van der Waals surface area contributed by atoms with Gasteiger partial charge in [0.1, 0.15) is 11.5 Å². The first kappa shape index (κ1) is 21.3. The second kappa shape index (κ2) is 10.4. The number of carbonyl (C=O) groups excluding carboxylic acids is 1. The second-order valence-electron chi connectivity index (χ2n) is 5.99. The lowest BCUT2D eigenvalue weighted by atomic mass is 10.2. The number of para-hydroxylation sites is 1. The third-order valence-corrected chi connectivity index (χ3v) is 4.36. The molecule has 0 radical (unpaired) electrons. The Morgan fingerprint density at radius 2 is 1.73 bits per heavy atom. The van der Waals surface area contributed by atoms with E-state index in [0.717, 1.165) is 11.4 Å². The minimum atomic E-state index is -0.489. The fourth-order valence-electron chi connectivity index (χ4n) is 2.42. The SMILES string of the molecule is COc1ccc(NC(=S)N/N=C/c2ccccc2OC(=O)c2ccc(Cl)cc2)cc1. The van der Waals surface area contributed by atoms with E-state index < -0.39 is 5.97 Å². The molecule has 8 heteroatoms. The summed E-state index contributed by atoms with van der Waals surface area (Å²) in [6.07, 6.45) is 1.52. The summed E-state index contributed by atoms with van der Waals surface area (Å²) in [7, 11) is 1.61. The fourth-order valence-corrected chi connectivity index (χ4v) is 2.72. The number of rotatable bonds is 6. The van der Waals surface area contributed by atoms with Crippen molar-refractivity contribution in [1.82, 2.24) is 5.43 Å². The number of benzene rings is 3. The molecule has 0 saturated carbocycles. The number of ether oxygens (including phenoxy) is 2. The Labute approximate surface area is 184 Å². The minimum absolute atomic E-state index is 0.312. The van der Waals surface area contributed by atoms with Gasteiger partial charge in [0.25, 0.3) is 0 Å². The molecule has 0 amide bonds. The highest BCUT2D eigenvalue weighted by atomic mass is 35.5. The molecule has 0 unspecified atom stereocenters. The van der Waals surface area contributed by atoms with E-state index >= 15 is 0 Å². The van der Waals surface area contributed by atoms with Crippen LogP contribution in [-0.2, 0) is 0 Å². The van der Waals surface area contributed by atoms with Crippen LogP contribution in [0.1, 0.15) is 15.9 Å². The highest BCUT2D eigenvalue weighted by molar-refractivity contribution is 7.80. The molecule has 0 bridgehead atoms. The molecule has 0 aromatic heterocycles. The standard InChI is InChI=1S/C22H18ClN3O3S/c1-28-19-12-10-18(11-13-19)25-22(30)26-24-14-16-4-2-3-5-20(16)29-21(27)15-6-8-17(23)9-7-15/h2-14H,1H3,(H2,25,26,30)/b24-14+. The van der Waals surface area contributed by atoms with E-state index in [-0.39, 0.29) is 0 Å². The molecule has 3 aromatic carbocycles. The number of esters is 1. The van der Waals surface area contributed by atoms with Gasteiger partial charge in [-0.1, -0.05) is 23.7 Å². The van der Waals surface area contributed by atoms with Crippen LogP contribution in [0.2, 0.25) is 5.02 Å². The number of nitrogens with one attached hydrogen (secondary N) is 2. The average molecular weight is 440 g/mol. The molecule has 0 fully saturated rings. The minimum Gasteiger partial charge on any atom is -0.497 e. The molecule has 2 N–H and O–H groups in total. The zero-order valence-corrected chi connectivity index (χ0v) is 17.5. The fraction of sp³-hybridized carbons (Fsp3) is 0.0455. The van der Waals surface area contributed by atoms with Crippen LogP contribution >= 0.6 is 23.8 Å². The number of hydrogen-bond acceptors (Lipinski definition) is 5. The predicted octanol–water partition coefficient (Wildman–Crippen LogP) is 4.89. The quantitative estimate of drug-likeness (QED) is 0.187. The normalized spacial score (nSPS) is 10.5. The molecule has 0 aliphatic heterocycles. The van der Waals surface area contributed by atoms with Crippen LogP contribution in [0, 0.1) is 0 Å². The third-order valence-electron chi connectivity index (χ3n) is 3.92. The molecule has 0 saturated heterocycles. The smallest absolute Gasteiger partial charge is 0.343 e. The lowest BCUT2D eigenvalue weighted by Crippen LogP contribution is -2.23. The molecule has 0 atom stereocenters. The summed E-state index contributed by atoms with van der Waals surface area (Å²) >= 11 is 11.1. The summed E-state index contributed by atoms with van der Waals surface area (Å²) in [6.45, 7) is 0. The molecule has 6 nitrogen and oxygen atoms in total. The molecule has 0 spiro atoms. The van der Waals surface area contributed by atoms with E-state index in [1.807, 2.05) is 30.3 Å². The highest BCUT2D eigenvalue weighted by Gasteiger charge is 2.10. The van der Waals surface area contributed by atoms with E-state index in [2.05, 4.69) is 15.8 Å². The summed E-state index contributed by atoms with van der Waals surface area (Å²) in [6, 6.07) is 20.8. The van der Waals surface area contributed by atoms with E-state index in [1.165, 1.54) is 6.21 Å². The van der Waals surface area contributed by atoms with Crippen molar-refractivity contribution in [3.63, 3.8) is 0 Å². The van der Waals surface area contributed by atoms with Gasteiger partial charge in [0, 0.05) is 16.3 Å². The zero-order valence-electron chi connectivity index (χ0n) is 16.0. The maximum absolute atomic E-state index is 12.3. The van der Waals surface area contributed by atoms with Crippen molar-refractivity contribution in [2.24, 2.45) is 5.10 Å². The predicted molar refractivity (Wildman–Crippen MR) is 123 cm³/mol. The molecule has 0 aliphatic carbocycles. The monoisotopic (exact) mass is 439 g/mol. The van der Waals surface area contributed by atoms with Crippen LogP contribution in [0.15, 0.2) is 77.9 Å². The number of thiocarbonyl (C=S) groups is 1. The first-order valence-electron chi connectivity index (χ1n) is 8.86. The third kappa shape index (κ3) is 6.04. The van der Waals surface area contributed by atoms with Crippen molar-refractivity contribution in [3.05, 3.63) is 88.9 Å². The first-order chi connectivity index (χ1) is 14.5. The summed E-state index contributed by atoms with van der Waals surface area (Å²) < 4.78 is 10.6. The summed E-state index contributed by atoms with van der Waals surface area (Å²) in [5, 5.41) is 7.98. The number of halogens is 1. The summed E-state index contributed by atoms with van der Waals surface area (Å²) in [5.41, 5.74) is 4.53. The van der Waals surface area contributed by atoms with Gasteiger partial charge in [0.05, 0.1) is 18.9 Å². The van der Waals surface area contributed by atoms with Crippen LogP contribution in [0.3, 0.4) is 0 Å². The van der Waals surface area contributed by atoms with E-state index in [0.29, 0.717) is 27.0 Å². The van der Waals surface area contributed by atoms with Crippen molar-refractivity contribution in [2.45, 2.75) is 0 Å². The Kier molecular flexibility index (Phi) is 7.37. The van der Waals surface area contributed by atoms with Gasteiger partial charge in [0.15, 0.2) is 5.11 Å². The molecule has 30 heavy (non-hydrogen) atoms. The lowest BCUT2D eigenvalue weighted by molar-refractivity contribution is 0.0734. The Balaban J connectivity index is 1.60. The zero-order chi connectivity index (χ0) is 21.3. The van der Waals surface area contributed by atoms with Crippen molar-refractivity contribution in [2.75, 3.05) is 12.4 Å². The highest BCUT2D eigenvalue weighted by Crippen LogP contribution is 2.19. The maximum Gasteiger partial charge on any atom is 0.343 e. The second-order valence-corrected chi connectivity index (χ2v) is 6.83. The van der Waals surface area contributed by atoms with Crippen LogP contribution in [0.5, 0.6) is 11.5 Å². The van der Waals surface area contributed by atoms with Crippen LogP contribution in [0.4, 0.5) is 5.69 Å². The van der Waals surface area contributed by atoms with Crippen LogP contribution < -0.4 is 20.2 Å². The number of hydrazone groups is 1. The van der Waals surface area contributed by atoms with Gasteiger partial charge in [-0.05, 0) is 72.9 Å². The van der Waals surface area contributed by atoms with Crippen molar-refractivity contribution in [1.29, 1.82) is 0 Å². The number of anilines is 1. The first-order valence-corrected chi connectivity index (χ1v) is 9.64. The maximum atomic E-state index is 12.3. The van der Waals surface area contributed by atoms with E-state index in [9.17, 15) is 4.79 Å². The number of carbonyl (C=O) groups is 1. The molecule has 152 valence electrons. The van der Waals surface area contributed by atoms with Crippen LogP contribution in [-0.4, -0.2) is 24.4 Å². The summed E-state index contributed by atoms with van der Waals surface area (Å²) in [4.78, 5) is 12.3. The molecule has 0 heterocycles. The number of methoxy groups -OCH3 is 1. The van der Waals surface area contributed by atoms with Crippen molar-refractivity contribution in [3.8, 4) is 11.5 Å². The van der Waals surface area contributed by atoms with Gasteiger partial charge < -0.3 is 14.8 Å². The Hall–Kier alpha value is -3.42. The van der Waals surface area contributed by atoms with Gasteiger partial charge >= 0.3 is 5.97 Å². The van der Waals surface area contributed by atoms with Gasteiger partial charge in [-0.15, -0.1) is 0 Å². The topological polar surface area (TPSA) is 71.9 Å². The number of nitrogens with zero attached hydrogens (tertiary/aromatic N) is 1. The van der Waals surface area contributed by atoms with Gasteiger partial charge in [-0.3, -0.25) is 5.43 Å². The molecular weight excluding hydrogens is 422 g/mol. The summed E-state index contributed by atoms with van der Waals surface area (Å²) in [5.74, 6) is 0.636. The number of hydrogen-bond donors (Lipinski definition) is 2. The van der Waals surface area contributed by atoms with Crippen molar-refractivity contribution < 1.29 is 14.3 Å². The molecule has 0 aliphatic rings. The van der Waals surface area contributed by atoms with Crippen LogP contribution in [0.25, 0.3) is 0 Å².